The smallest absolute Gasteiger partial charge is 0.123 e. The van der Waals surface area contributed by atoms with Crippen LogP contribution >= 0.6 is 0 Å². The molecule has 0 saturated carbocycles. The van der Waals surface area contributed by atoms with Gasteiger partial charge in [-0.3, -0.25) is 5.01 Å². The number of hydrazone groups is 1. The Labute approximate surface area is 151 Å². The third kappa shape index (κ3) is 3.65. The maximum absolute atomic E-state index is 13.3. The minimum absolute atomic E-state index is 0.264. The first-order chi connectivity index (χ1) is 12.8. The fourth-order valence-electron chi connectivity index (χ4n) is 2.84. The predicted octanol–water partition coefficient (Wildman–Crippen LogP) is 3.34. The SMILES string of the molecule is Fc1ccc(-c2nn(-c3ccccc3)cc2/C=N\N2CCOCC2)cc1. The Kier molecular flexibility index (Phi) is 4.75. The highest BCUT2D eigenvalue weighted by atomic mass is 19.1. The number of morpholine rings is 1. The summed E-state index contributed by atoms with van der Waals surface area (Å²) in [6, 6.07) is 16.2. The van der Waals surface area contributed by atoms with E-state index in [2.05, 4.69) is 5.10 Å². The van der Waals surface area contributed by atoms with Gasteiger partial charge in [-0.15, -0.1) is 0 Å². The molecule has 3 aromatic rings. The standard InChI is InChI=1S/C20H19FN4O/c21-18-8-6-16(7-9-18)20-17(14-22-24-10-12-26-13-11-24)15-25(23-20)19-4-2-1-3-5-19/h1-9,14-15H,10-13H2/b22-14-. The Morgan fingerprint density at radius 3 is 2.46 bits per heavy atom. The molecule has 0 unspecified atom stereocenters. The van der Waals surface area contributed by atoms with Gasteiger partial charge in [-0.1, -0.05) is 18.2 Å². The normalized spacial score (nSPS) is 14.9. The third-order valence-electron chi connectivity index (χ3n) is 4.23. The highest BCUT2D eigenvalue weighted by Gasteiger charge is 2.12. The molecule has 5 nitrogen and oxygen atoms in total. The van der Waals surface area contributed by atoms with Crippen LogP contribution in [0.25, 0.3) is 16.9 Å². The summed E-state index contributed by atoms with van der Waals surface area (Å²) in [5.74, 6) is -0.264. The van der Waals surface area contributed by atoms with Crippen molar-refractivity contribution in [3.63, 3.8) is 0 Å². The molecule has 2 heterocycles. The monoisotopic (exact) mass is 350 g/mol. The van der Waals surface area contributed by atoms with Gasteiger partial charge in [0, 0.05) is 17.3 Å². The van der Waals surface area contributed by atoms with Crippen LogP contribution < -0.4 is 0 Å². The van der Waals surface area contributed by atoms with Gasteiger partial charge in [-0.25, -0.2) is 9.07 Å². The summed E-state index contributed by atoms with van der Waals surface area (Å²) in [6.07, 6.45) is 3.76. The zero-order valence-electron chi connectivity index (χ0n) is 14.3. The number of nitrogens with zero attached hydrogens (tertiary/aromatic N) is 4. The lowest BCUT2D eigenvalue weighted by Crippen LogP contribution is -2.32. The van der Waals surface area contributed by atoms with Crippen molar-refractivity contribution in [2.24, 2.45) is 5.10 Å². The number of ether oxygens (including phenoxy) is 1. The van der Waals surface area contributed by atoms with Gasteiger partial charge in [0.15, 0.2) is 0 Å². The first-order valence-corrected chi connectivity index (χ1v) is 8.57. The van der Waals surface area contributed by atoms with E-state index in [1.165, 1.54) is 12.1 Å². The van der Waals surface area contributed by atoms with Crippen LogP contribution in [0.5, 0.6) is 0 Å². The molecule has 0 amide bonds. The predicted molar refractivity (Wildman–Crippen MR) is 98.9 cm³/mol. The van der Waals surface area contributed by atoms with Crippen LogP contribution in [0.15, 0.2) is 65.9 Å². The van der Waals surface area contributed by atoms with Crippen molar-refractivity contribution in [3.8, 4) is 16.9 Å². The third-order valence-corrected chi connectivity index (χ3v) is 4.23. The van der Waals surface area contributed by atoms with E-state index in [0.29, 0.717) is 13.2 Å². The van der Waals surface area contributed by atoms with Crippen molar-refractivity contribution >= 4 is 6.21 Å². The van der Waals surface area contributed by atoms with Gasteiger partial charge >= 0.3 is 0 Å². The number of halogens is 1. The molecule has 0 N–H and O–H groups in total. The second kappa shape index (κ2) is 7.49. The Morgan fingerprint density at radius 1 is 1.00 bits per heavy atom. The number of aromatic nitrogens is 2. The van der Waals surface area contributed by atoms with E-state index in [4.69, 9.17) is 9.84 Å². The Balaban J connectivity index is 1.71. The van der Waals surface area contributed by atoms with Crippen LogP contribution in [-0.4, -0.2) is 47.3 Å². The first-order valence-electron chi connectivity index (χ1n) is 8.57. The second-order valence-electron chi connectivity index (χ2n) is 6.03. The molecule has 0 radical (unpaired) electrons. The molecule has 1 saturated heterocycles. The summed E-state index contributed by atoms with van der Waals surface area (Å²) < 4.78 is 20.5. The summed E-state index contributed by atoms with van der Waals surface area (Å²) in [6.45, 7) is 2.92. The van der Waals surface area contributed by atoms with E-state index in [1.54, 1.807) is 12.1 Å². The highest BCUT2D eigenvalue weighted by Crippen LogP contribution is 2.23. The van der Waals surface area contributed by atoms with E-state index in [-0.39, 0.29) is 5.82 Å². The second-order valence-corrected chi connectivity index (χ2v) is 6.03. The Morgan fingerprint density at radius 2 is 1.73 bits per heavy atom. The van der Waals surface area contributed by atoms with E-state index in [1.807, 2.05) is 52.4 Å². The van der Waals surface area contributed by atoms with Crippen molar-refractivity contribution < 1.29 is 9.13 Å². The minimum Gasteiger partial charge on any atom is -0.378 e. The topological polar surface area (TPSA) is 42.7 Å². The molecule has 1 aromatic heterocycles. The molecule has 0 atom stereocenters. The van der Waals surface area contributed by atoms with Crippen LogP contribution in [-0.2, 0) is 4.74 Å². The molecular weight excluding hydrogens is 331 g/mol. The minimum atomic E-state index is -0.264. The van der Waals surface area contributed by atoms with Gasteiger partial charge in [0.05, 0.1) is 38.2 Å². The summed E-state index contributed by atoms with van der Waals surface area (Å²) in [5.41, 5.74) is 3.46. The lowest BCUT2D eigenvalue weighted by Gasteiger charge is -2.23. The van der Waals surface area contributed by atoms with Gasteiger partial charge in [0.2, 0.25) is 0 Å². The molecule has 132 valence electrons. The van der Waals surface area contributed by atoms with Crippen LogP contribution in [0.1, 0.15) is 5.56 Å². The van der Waals surface area contributed by atoms with Crippen LogP contribution in [0.2, 0.25) is 0 Å². The number of hydrogen-bond donors (Lipinski definition) is 0. The molecule has 0 spiro atoms. The van der Waals surface area contributed by atoms with Crippen LogP contribution in [0, 0.1) is 5.82 Å². The summed E-state index contributed by atoms with van der Waals surface area (Å²) in [5, 5.41) is 11.3. The number of rotatable bonds is 4. The van der Waals surface area contributed by atoms with Crippen molar-refractivity contribution in [2.75, 3.05) is 26.3 Å². The van der Waals surface area contributed by atoms with E-state index in [9.17, 15) is 4.39 Å². The van der Waals surface area contributed by atoms with Crippen molar-refractivity contribution in [3.05, 3.63) is 72.2 Å². The molecule has 1 fully saturated rings. The van der Waals surface area contributed by atoms with Gasteiger partial charge in [0.25, 0.3) is 0 Å². The number of benzene rings is 2. The first kappa shape index (κ1) is 16.5. The molecule has 26 heavy (non-hydrogen) atoms. The number of hydrogen-bond acceptors (Lipinski definition) is 4. The van der Waals surface area contributed by atoms with E-state index >= 15 is 0 Å². The lowest BCUT2D eigenvalue weighted by atomic mass is 10.1. The molecule has 1 aliphatic rings. The Hall–Kier alpha value is -2.99. The van der Waals surface area contributed by atoms with Gasteiger partial charge < -0.3 is 4.74 Å². The fourth-order valence-corrected chi connectivity index (χ4v) is 2.84. The average molecular weight is 350 g/mol. The van der Waals surface area contributed by atoms with Gasteiger partial charge in [-0.2, -0.15) is 10.2 Å². The Bertz CT molecular complexity index is 884. The fraction of sp³-hybridized carbons (Fsp3) is 0.200. The lowest BCUT2D eigenvalue weighted by molar-refractivity contribution is 0.0397. The molecular formula is C20H19FN4O. The summed E-state index contributed by atoms with van der Waals surface area (Å²) >= 11 is 0. The average Bonchev–Trinajstić information content (AvgIpc) is 3.13. The van der Waals surface area contributed by atoms with E-state index in [0.717, 1.165) is 35.6 Å². The van der Waals surface area contributed by atoms with Crippen LogP contribution in [0.3, 0.4) is 0 Å². The maximum atomic E-state index is 13.3. The molecule has 1 aliphatic heterocycles. The van der Waals surface area contributed by atoms with Crippen molar-refractivity contribution in [2.45, 2.75) is 0 Å². The van der Waals surface area contributed by atoms with E-state index < -0.39 is 0 Å². The molecule has 0 bridgehead atoms. The molecule has 2 aromatic carbocycles. The molecule has 0 aliphatic carbocycles. The largest absolute Gasteiger partial charge is 0.378 e. The maximum Gasteiger partial charge on any atom is 0.123 e. The van der Waals surface area contributed by atoms with Crippen LogP contribution in [0.4, 0.5) is 4.39 Å². The summed E-state index contributed by atoms with van der Waals surface area (Å²) in [4.78, 5) is 0. The van der Waals surface area contributed by atoms with Crippen molar-refractivity contribution in [1.29, 1.82) is 0 Å². The van der Waals surface area contributed by atoms with Crippen molar-refractivity contribution in [1.82, 2.24) is 14.8 Å². The molecule has 4 rings (SSSR count). The van der Waals surface area contributed by atoms with Gasteiger partial charge in [-0.05, 0) is 36.4 Å². The zero-order chi connectivity index (χ0) is 17.8. The highest BCUT2D eigenvalue weighted by molar-refractivity contribution is 5.88. The zero-order valence-corrected chi connectivity index (χ0v) is 14.3. The van der Waals surface area contributed by atoms with Gasteiger partial charge in [0.1, 0.15) is 11.5 Å². The quantitative estimate of drug-likeness (QED) is 0.678. The molecule has 6 heteroatoms. The number of para-hydroxylation sites is 1. The summed E-state index contributed by atoms with van der Waals surface area (Å²) in [7, 11) is 0.